The third-order valence-electron chi connectivity index (χ3n) is 4.55. The Kier molecular flexibility index (Phi) is 6.72. The largest absolute Gasteiger partial charge is 0.497 e. The van der Waals surface area contributed by atoms with Crippen LogP contribution in [0, 0.1) is 0 Å². The smallest absolute Gasteiger partial charge is 0.236 e. The van der Waals surface area contributed by atoms with Gasteiger partial charge in [-0.2, -0.15) is 0 Å². The second-order valence-electron chi connectivity index (χ2n) is 6.62. The van der Waals surface area contributed by atoms with Crippen LogP contribution in [0.1, 0.15) is 0 Å². The summed E-state index contributed by atoms with van der Waals surface area (Å²) in [5, 5.41) is 12.6. The Labute approximate surface area is 193 Å². The fourth-order valence-corrected chi connectivity index (χ4v) is 4.67. The number of benzene rings is 2. The number of allylic oxidation sites excluding steroid dienone is 1. The van der Waals surface area contributed by atoms with E-state index in [1.807, 2.05) is 47.0 Å². The van der Waals surface area contributed by atoms with Crippen LogP contribution in [-0.4, -0.2) is 45.6 Å². The van der Waals surface area contributed by atoms with Crippen molar-refractivity contribution in [3.63, 3.8) is 0 Å². The molecule has 0 aliphatic carbocycles. The van der Waals surface area contributed by atoms with Crippen molar-refractivity contribution < 1.29 is 14.3 Å². The zero-order chi connectivity index (χ0) is 22.5. The van der Waals surface area contributed by atoms with Crippen LogP contribution in [0.2, 0.25) is 0 Å². The molecule has 0 aliphatic heterocycles. The van der Waals surface area contributed by atoms with Gasteiger partial charge in [0.15, 0.2) is 16.1 Å². The second kappa shape index (κ2) is 9.84. The van der Waals surface area contributed by atoms with Gasteiger partial charge in [-0.25, -0.2) is 4.98 Å². The lowest BCUT2D eigenvalue weighted by Crippen LogP contribution is -2.14. The van der Waals surface area contributed by atoms with Crippen molar-refractivity contribution in [1.82, 2.24) is 19.7 Å². The van der Waals surface area contributed by atoms with Crippen LogP contribution < -0.4 is 14.8 Å². The first kappa shape index (κ1) is 21.8. The number of ether oxygens (including phenoxy) is 2. The molecular weight excluding hydrogens is 446 g/mol. The molecule has 0 spiro atoms. The minimum absolute atomic E-state index is 0.167. The Morgan fingerprint density at radius 1 is 1.16 bits per heavy atom. The number of carbonyl (C=O) groups is 1. The molecule has 2 heterocycles. The maximum absolute atomic E-state index is 12.5. The Balaban J connectivity index is 1.45. The lowest BCUT2D eigenvalue weighted by Gasteiger charge is -2.08. The van der Waals surface area contributed by atoms with Crippen molar-refractivity contribution in [2.75, 3.05) is 25.3 Å². The number of anilines is 1. The van der Waals surface area contributed by atoms with E-state index in [0.717, 1.165) is 27.3 Å². The molecule has 0 bridgehead atoms. The summed E-state index contributed by atoms with van der Waals surface area (Å²) >= 11 is 2.72. The number of aromatic nitrogens is 4. The highest BCUT2D eigenvalue weighted by Crippen LogP contribution is 2.30. The topological polar surface area (TPSA) is 91.2 Å². The van der Waals surface area contributed by atoms with E-state index in [-0.39, 0.29) is 11.7 Å². The predicted molar refractivity (Wildman–Crippen MR) is 128 cm³/mol. The SMILES string of the molecule is C=CCn1c(SCC(=O)Nc2nc3ccc(OC)cc3s2)nnc1-c1ccc(OC)cc1. The molecule has 0 saturated heterocycles. The number of thiazole rings is 1. The summed E-state index contributed by atoms with van der Waals surface area (Å²) in [6, 6.07) is 13.2. The van der Waals surface area contributed by atoms with Crippen molar-refractivity contribution in [2.24, 2.45) is 0 Å². The molecule has 0 fully saturated rings. The first-order valence-corrected chi connectivity index (χ1v) is 11.5. The zero-order valence-corrected chi connectivity index (χ0v) is 19.2. The number of nitrogens with zero attached hydrogens (tertiary/aromatic N) is 4. The molecule has 2 aromatic carbocycles. The highest BCUT2D eigenvalue weighted by molar-refractivity contribution is 7.99. The molecular formula is C22H21N5O3S2. The van der Waals surface area contributed by atoms with Crippen molar-refractivity contribution in [1.29, 1.82) is 0 Å². The first-order valence-electron chi connectivity index (χ1n) is 9.67. The van der Waals surface area contributed by atoms with E-state index in [2.05, 4.69) is 27.1 Å². The summed E-state index contributed by atoms with van der Waals surface area (Å²) in [4.78, 5) is 17.0. The molecule has 0 atom stereocenters. The molecule has 0 unspecified atom stereocenters. The summed E-state index contributed by atoms with van der Waals surface area (Å²) in [5.41, 5.74) is 1.72. The quantitative estimate of drug-likeness (QED) is 0.286. The molecule has 1 N–H and O–H groups in total. The van der Waals surface area contributed by atoms with E-state index in [4.69, 9.17) is 9.47 Å². The third kappa shape index (κ3) is 4.76. The normalized spacial score (nSPS) is 10.8. The summed E-state index contributed by atoms with van der Waals surface area (Å²) in [6.45, 7) is 4.35. The summed E-state index contributed by atoms with van der Waals surface area (Å²) in [5.74, 6) is 2.24. The monoisotopic (exact) mass is 467 g/mol. The highest BCUT2D eigenvalue weighted by atomic mass is 32.2. The number of nitrogens with one attached hydrogen (secondary N) is 1. The van der Waals surface area contributed by atoms with E-state index >= 15 is 0 Å². The molecule has 0 aliphatic rings. The van der Waals surface area contributed by atoms with Crippen molar-refractivity contribution in [3.8, 4) is 22.9 Å². The average molecular weight is 468 g/mol. The number of amides is 1. The van der Waals surface area contributed by atoms with E-state index in [1.165, 1.54) is 23.1 Å². The summed E-state index contributed by atoms with van der Waals surface area (Å²) < 4.78 is 13.3. The van der Waals surface area contributed by atoms with Crippen LogP contribution in [-0.2, 0) is 11.3 Å². The van der Waals surface area contributed by atoms with Gasteiger partial charge in [0, 0.05) is 12.1 Å². The van der Waals surface area contributed by atoms with E-state index in [0.29, 0.717) is 22.7 Å². The number of fused-ring (bicyclic) bond motifs is 1. The molecule has 0 saturated carbocycles. The lowest BCUT2D eigenvalue weighted by atomic mass is 10.2. The van der Waals surface area contributed by atoms with Gasteiger partial charge in [0.25, 0.3) is 0 Å². The standard InChI is InChI=1S/C22H21N5O3S2/c1-4-11-27-20(14-5-7-15(29-2)8-6-14)25-26-22(27)31-13-19(28)24-21-23-17-10-9-16(30-3)12-18(17)32-21/h4-10,12H,1,11,13H2,2-3H3,(H,23,24,28). The number of rotatable bonds is 9. The lowest BCUT2D eigenvalue weighted by molar-refractivity contribution is -0.113. The maximum Gasteiger partial charge on any atom is 0.236 e. The van der Waals surface area contributed by atoms with Crippen LogP contribution in [0.4, 0.5) is 5.13 Å². The van der Waals surface area contributed by atoms with Gasteiger partial charge in [0.1, 0.15) is 11.5 Å². The molecule has 4 rings (SSSR count). The van der Waals surface area contributed by atoms with Gasteiger partial charge in [-0.05, 0) is 42.5 Å². The van der Waals surface area contributed by atoms with Gasteiger partial charge in [-0.3, -0.25) is 9.36 Å². The molecule has 164 valence electrons. The molecule has 4 aromatic rings. The van der Waals surface area contributed by atoms with Crippen LogP contribution in [0.5, 0.6) is 11.5 Å². The molecule has 2 aromatic heterocycles. The molecule has 8 nitrogen and oxygen atoms in total. The number of hydrogen-bond acceptors (Lipinski definition) is 8. The summed E-state index contributed by atoms with van der Waals surface area (Å²) in [7, 11) is 3.24. The van der Waals surface area contributed by atoms with Gasteiger partial charge in [-0.1, -0.05) is 29.2 Å². The number of methoxy groups -OCH3 is 2. The van der Waals surface area contributed by atoms with Gasteiger partial charge >= 0.3 is 0 Å². The fourth-order valence-electron chi connectivity index (χ4n) is 3.01. The van der Waals surface area contributed by atoms with Crippen molar-refractivity contribution in [3.05, 3.63) is 55.1 Å². The number of carbonyl (C=O) groups excluding carboxylic acids is 1. The molecule has 32 heavy (non-hydrogen) atoms. The van der Waals surface area contributed by atoms with Crippen LogP contribution in [0.25, 0.3) is 21.6 Å². The minimum atomic E-state index is -0.167. The van der Waals surface area contributed by atoms with Gasteiger partial charge in [0.2, 0.25) is 5.91 Å². The first-order chi connectivity index (χ1) is 15.6. The summed E-state index contributed by atoms with van der Waals surface area (Å²) in [6.07, 6.45) is 1.77. The van der Waals surface area contributed by atoms with E-state index in [9.17, 15) is 4.79 Å². The average Bonchev–Trinajstić information content (AvgIpc) is 3.40. The second-order valence-corrected chi connectivity index (χ2v) is 8.60. The highest BCUT2D eigenvalue weighted by Gasteiger charge is 2.16. The predicted octanol–water partition coefficient (Wildman–Crippen LogP) is 4.49. The van der Waals surface area contributed by atoms with Crippen LogP contribution in [0.15, 0.2) is 60.3 Å². The third-order valence-corrected chi connectivity index (χ3v) is 6.45. The van der Waals surface area contributed by atoms with E-state index in [1.54, 1.807) is 20.3 Å². The molecule has 10 heteroatoms. The van der Waals surface area contributed by atoms with Crippen molar-refractivity contribution >= 4 is 44.4 Å². The van der Waals surface area contributed by atoms with Gasteiger partial charge in [-0.15, -0.1) is 16.8 Å². The minimum Gasteiger partial charge on any atom is -0.497 e. The van der Waals surface area contributed by atoms with Crippen LogP contribution >= 0.6 is 23.1 Å². The van der Waals surface area contributed by atoms with Gasteiger partial charge < -0.3 is 14.8 Å². The maximum atomic E-state index is 12.5. The molecule has 1 amide bonds. The van der Waals surface area contributed by atoms with Crippen molar-refractivity contribution in [2.45, 2.75) is 11.7 Å². The van der Waals surface area contributed by atoms with Crippen LogP contribution in [0.3, 0.4) is 0 Å². The zero-order valence-electron chi connectivity index (χ0n) is 17.6. The van der Waals surface area contributed by atoms with E-state index < -0.39 is 0 Å². The molecule has 0 radical (unpaired) electrons. The number of thioether (sulfide) groups is 1. The Morgan fingerprint density at radius 2 is 1.91 bits per heavy atom. The fraction of sp³-hybridized carbons (Fsp3) is 0.182. The Bertz CT molecular complexity index is 1250. The van der Waals surface area contributed by atoms with Gasteiger partial charge in [0.05, 0.1) is 30.2 Å². The Hall–Kier alpha value is -3.37. The number of hydrogen-bond donors (Lipinski definition) is 1. The Morgan fingerprint density at radius 3 is 2.62 bits per heavy atom.